The van der Waals surface area contributed by atoms with E-state index in [1.807, 2.05) is 0 Å². The van der Waals surface area contributed by atoms with E-state index in [0.717, 1.165) is 4.57 Å². The third kappa shape index (κ3) is 3.17. The zero-order chi connectivity index (χ0) is 13.8. The molecule has 0 spiro atoms. The molecule has 4 nitrogen and oxygen atoms in total. The zero-order valence-electron chi connectivity index (χ0n) is 9.59. The Balaban J connectivity index is 2.10. The van der Waals surface area contributed by atoms with Crippen LogP contribution in [0.25, 0.3) is 0 Å². The van der Waals surface area contributed by atoms with Crippen molar-refractivity contribution in [1.82, 2.24) is 9.55 Å². The Labute approximate surface area is 116 Å². The molecule has 0 amide bonds. The number of benzene rings is 1. The zero-order valence-corrected chi connectivity index (χ0v) is 11.2. The number of carbonyl (C=O) groups is 1. The van der Waals surface area contributed by atoms with Crippen molar-refractivity contribution in [2.24, 2.45) is 0 Å². The average Bonchev–Trinajstić information content (AvgIpc) is 2.85. The molecule has 1 aromatic carbocycles. The second-order valence-corrected chi connectivity index (χ2v) is 4.48. The molecular weight excluding hydrogens is 322 g/mol. The Kier molecular flexibility index (Phi) is 4.26. The SMILES string of the molecule is O=Cc1ccc(OCc2nccn2C(F)F)c(Br)c1. The maximum atomic E-state index is 12.6. The summed E-state index contributed by atoms with van der Waals surface area (Å²) in [5, 5.41) is 0. The molecule has 100 valence electrons. The normalized spacial score (nSPS) is 10.7. The van der Waals surface area contributed by atoms with Crippen molar-refractivity contribution in [3.8, 4) is 5.75 Å². The topological polar surface area (TPSA) is 44.1 Å². The van der Waals surface area contributed by atoms with Gasteiger partial charge in [-0.15, -0.1) is 0 Å². The number of hydrogen-bond acceptors (Lipinski definition) is 3. The molecule has 0 aliphatic heterocycles. The van der Waals surface area contributed by atoms with Crippen LogP contribution in [-0.4, -0.2) is 15.8 Å². The number of rotatable bonds is 5. The number of imidazole rings is 1. The molecule has 0 N–H and O–H groups in total. The molecule has 1 aromatic heterocycles. The van der Waals surface area contributed by atoms with Crippen LogP contribution in [0, 0.1) is 0 Å². The third-order valence-corrected chi connectivity index (χ3v) is 3.03. The molecule has 19 heavy (non-hydrogen) atoms. The number of aromatic nitrogens is 2. The van der Waals surface area contributed by atoms with Gasteiger partial charge in [0.05, 0.1) is 4.47 Å². The predicted octanol–water partition coefficient (Wildman–Crippen LogP) is 3.43. The Bertz CT molecular complexity index is 587. The van der Waals surface area contributed by atoms with Gasteiger partial charge in [0.25, 0.3) is 0 Å². The van der Waals surface area contributed by atoms with Crippen LogP contribution in [-0.2, 0) is 6.61 Å². The van der Waals surface area contributed by atoms with E-state index in [9.17, 15) is 13.6 Å². The highest BCUT2D eigenvalue weighted by Gasteiger charge is 2.12. The summed E-state index contributed by atoms with van der Waals surface area (Å²) in [5.74, 6) is 0.579. The Morgan fingerprint density at radius 3 is 2.89 bits per heavy atom. The minimum absolute atomic E-state index is 0.0869. The second-order valence-electron chi connectivity index (χ2n) is 3.62. The summed E-state index contributed by atoms with van der Waals surface area (Å²) in [4.78, 5) is 14.4. The fraction of sp³-hybridized carbons (Fsp3) is 0.167. The summed E-state index contributed by atoms with van der Waals surface area (Å²) in [6, 6.07) is 4.75. The molecule has 0 bridgehead atoms. The molecule has 0 unspecified atom stereocenters. The predicted molar refractivity (Wildman–Crippen MR) is 67.3 cm³/mol. The van der Waals surface area contributed by atoms with Crippen LogP contribution in [0.3, 0.4) is 0 Å². The number of alkyl halides is 2. The standard InChI is InChI=1S/C12H9BrF2N2O2/c13-9-5-8(6-18)1-2-10(9)19-7-11-16-3-4-17(11)12(14)15/h1-6,12H,7H2. The van der Waals surface area contributed by atoms with E-state index >= 15 is 0 Å². The van der Waals surface area contributed by atoms with E-state index < -0.39 is 6.55 Å². The molecule has 0 aliphatic rings. The molecule has 2 rings (SSSR count). The van der Waals surface area contributed by atoms with Gasteiger partial charge >= 0.3 is 6.55 Å². The van der Waals surface area contributed by atoms with E-state index in [4.69, 9.17) is 4.74 Å². The Hall–Kier alpha value is -1.76. The first-order chi connectivity index (χ1) is 9.11. The van der Waals surface area contributed by atoms with E-state index in [2.05, 4.69) is 20.9 Å². The summed E-state index contributed by atoms with van der Waals surface area (Å²) in [5.41, 5.74) is 0.494. The van der Waals surface area contributed by atoms with Gasteiger partial charge in [-0.3, -0.25) is 9.36 Å². The lowest BCUT2D eigenvalue weighted by Crippen LogP contribution is -2.07. The summed E-state index contributed by atoms with van der Waals surface area (Å²) >= 11 is 3.24. The van der Waals surface area contributed by atoms with E-state index in [1.165, 1.54) is 12.4 Å². The van der Waals surface area contributed by atoms with Crippen LogP contribution in [0.4, 0.5) is 8.78 Å². The van der Waals surface area contributed by atoms with Gasteiger partial charge in [-0.25, -0.2) is 4.98 Å². The van der Waals surface area contributed by atoms with Gasteiger partial charge in [0.2, 0.25) is 0 Å². The molecular formula is C12H9BrF2N2O2. The number of nitrogens with zero attached hydrogens (tertiary/aromatic N) is 2. The first-order valence-corrected chi connectivity index (χ1v) is 6.08. The summed E-state index contributed by atoms with van der Waals surface area (Å²) < 4.78 is 31.9. The fourth-order valence-electron chi connectivity index (χ4n) is 1.48. The van der Waals surface area contributed by atoms with Crippen molar-refractivity contribution >= 4 is 22.2 Å². The monoisotopic (exact) mass is 330 g/mol. The third-order valence-electron chi connectivity index (χ3n) is 2.41. The Morgan fingerprint density at radius 2 is 2.26 bits per heavy atom. The van der Waals surface area contributed by atoms with E-state index in [1.54, 1.807) is 18.2 Å². The number of carbonyl (C=O) groups excluding carboxylic acids is 1. The molecule has 1 heterocycles. The van der Waals surface area contributed by atoms with Crippen molar-refractivity contribution in [2.75, 3.05) is 0 Å². The van der Waals surface area contributed by atoms with Crippen LogP contribution in [0.2, 0.25) is 0 Å². The van der Waals surface area contributed by atoms with Crippen molar-refractivity contribution in [1.29, 1.82) is 0 Å². The van der Waals surface area contributed by atoms with Crippen LogP contribution in [0.1, 0.15) is 22.7 Å². The van der Waals surface area contributed by atoms with Crippen LogP contribution in [0.5, 0.6) is 5.75 Å². The minimum Gasteiger partial charge on any atom is -0.484 e. The molecule has 2 aromatic rings. The van der Waals surface area contributed by atoms with Gasteiger partial charge < -0.3 is 4.74 Å². The molecule has 0 atom stereocenters. The average molecular weight is 331 g/mol. The largest absolute Gasteiger partial charge is 0.484 e. The summed E-state index contributed by atoms with van der Waals surface area (Å²) in [7, 11) is 0. The van der Waals surface area contributed by atoms with Gasteiger partial charge in [-0.1, -0.05) is 0 Å². The smallest absolute Gasteiger partial charge is 0.320 e. The van der Waals surface area contributed by atoms with Crippen LogP contribution < -0.4 is 4.74 Å². The van der Waals surface area contributed by atoms with Crippen molar-refractivity contribution in [3.05, 3.63) is 46.5 Å². The highest BCUT2D eigenvalue weighted by atomic mass is 79.9. The maximum absolute atomic E-state index is 12.6. The first kappa shape index (κ1) is 13.7. The lowest BCUT2D eigenvalue weighted by Gasteiger charge is -2.10. The summed E-state index contributed by atoms with van der Waals surface area (Å²) in [6.07, 6.45) is 3.18. The number of halogens is 3. The fourth-order valence-corrected chi connectivity index (χ4v) is 1.99. The van der Waals surface area contributed by atoms with E-state index in [-0.39, 0.29) is 12.4 Å². The second kappa shape index (κ2) is 5.92. The molecule has 7 heteroatoms. The molecule has 0 saturated heterocycles. The number of hydrogen-bond donors (Lipinski definition) is 0. The molecule has 0 radical (unpaired) electrons. The van der Waals surface area contributed by atoms with Gasteiger partial charge in [0, 0.05) is 18.0 Å². The lowest BCUT2D eigenvalue weighted by molar-refractivity contribution is 0.0632. The van der Waals surface area contributed by atoms with Gasteiger partial charge in [0.15, 0.2) is 5.82 Å². The van der Waals surface area contributed by atoms with E-state index in [0.29, 0.717) is 22.1 Å². The maximum Gasteiger partial charge on any atom is 0.320 e. The number of ether oxygens (including phenoxy) is 1. The van der Waals surface area contributed by atoms with Gasteiger partial charge in [-0.2, -0.15) is 8.78 Å². The quantitative estimate of drug-likeness (QED) is 0.789. The van der Waals surface area contributed by atoms with Crippen LogP contribution >= 0.6 is 15.9 Å². The van der Waals surface area contributed by atoms with Gasteiger partial charge in [0.1, 0.15) is 18.6 Å². The Morgan fingerprint density at radius 1 is 1.47 bits per heavy atom. The van der Waals surface area contributed by atoms with Crippen molar-refractivity contribution < 1.29 is 18.3 Å². The van der Waals surface area contributed by atoms with Crippen molar-refractivity contribution in [3.63, 3.8) is 0 Å². The highest BCUT2D eigenvalue weighted by molar-refractivity contribution is 9.10. The highest BCUT2D eigenvalue weighted by Crippen LogP contribution is 2.26. The first-order valence-electron chi connectivity index (χ1n) is 5.29. The van der Waals surface area contributed by atoms with Crippen molar-refractivity contribution in [2.45, 2.75) is 13.2 Å². The number of aldehydes is 1. The summed E-state index contributed by atoms with van der Waals surface area (Å²) in [6.45, 7) is -2.74. The molecule has 0 fully saturated rings. The molecule has 0 aliphatic carbocycles. The minimum atomic E-state index is -2.65. The van der Waals surface area contributed by atoms with Gasteiger partial charge in [-0.05, 0) is 34.1 Å². The lowest BCUT2D eigenvalue weighted by atomic mass is 10.2. The van der Waals surface area contributed by atoms with Crippen LogP contribution in [0.15, 0.2) is 35.1 Å². The molecule has 0 saturated carbocycles.